The first kappa shape index (κ1) is 12.4. The second kappa shape index (κ2) is 5.58. The third-order valence-corrected chi connectivity index (χ3v) is 5.43. The smallest absolute Gasteiger partial charge is 0.0818 e. The fourth-order valence-corrected chi connectivity index (χ4v) is 4.41. The number of allylic oxidation sites excluding steroid dienone is 1. The van der Waals surface area contributed by atoms with E-state index < -0.39 is 0 Å². The minimum atomic E-state index is -0.225. The molecule has 0 bridgehead atoms. The largest absolute Gasteiger partial charge is 0.388 e. The maximum atomic E-state index is 10.7. The van der Waals surface area contributed by atoms with Gasteiger partial charge in [0.1, 0.15) is 0 Å². The summed E-state index contributed by atoms with van der Waals surface area (Å²) < 4.78 is 0. The Labute approximate surface area is 114 Å². The van der Waals surface area contributed by atoms with Gasteiger partial charge in [-0.1, -0.05) is 12.5 Å². The molecule has 1 nitrogen and oxygen atoms in total. The van der Waals surface area contributed by atoms with Crippen molar-refractivity contribution in [1.82, 2.24) is 0 Å². The molecule has 0 aliphatic heterocycles. The van der Waals surface area contributed by atoms with Gasteiger partial charge in [-0.15, -0.1) is 11.3 Å². The van der Waals surface area contributed by atoms with Crippen LogP contribution in [0.2, 0.25) is 0 Å². The van der Waals surface area contributed by atoms with Crippen LogP contribution in [0.5, 0.6) is 0 Å². The lowest BCUT2D eigenvalue weighted by molar-refractivity contribution is 0.164. The van der Waals surface area contributed by atoms with Crippen molar-refractivity contribution >= 4 is 11.3 Å². The number of aryl methyl sites for hydroxylation is 1. The van der Waals surface area contributed by atoms with Crippen LogP contribution in [0, 0.1) is 0 Å². The van der Waals surface area contributed by atoms with Gasteiger partial charge in [-0.25, -0.2) is 0 Å². The molecular formula is C16H22OS. The van der Waals surface area contributed by atoms with Gasteiger partial charge in [0, 0.05) is 10.8 Å². The monoisotopic (exact) mass is 262 g/mol. The van der Waals surface area contributed by atoms with E-state index in [1.807, 2.05) is 11.3 Å². The highest BCUT2D eigenvalue weighted by molar-refractivity contribution is 7.10. The summed E-state index contributed by atoms with van der Waals surface area (Å²) in [5, 5.41) is 12.9. The van der Waals surface area contributed by atoms with E-state index in [2.05, 4.69) is 17.5 Å². The Kier molecular flexibility index (Phi) is 3.86. The Morgan fingerprint density at radius 3 is 3.06 bits per heavy atom. The molecule has 0 radical (unpaired) electrons. The van der Waals surface area contributed by atoms with Crippen LogP contribution < -0.4 is 0 Å². The van der Waals surface area contributed by atoms with Crippen LogP contribution in [0.1, 0.15) is 61.3 Å². The highest BCUT2D eigenvalue weighted by Gasteiger charge is 2.29. The molecule has 1 heterocycles. The van der Waals surface area contributed by atoms with E-state index in [1.54, 1.807) is 0 Å². The molecule has 2 aliphatic carbocycles. The highest BCUT2D eigenvalue weighted by Crippen LogP contribution is 2.40. The fourth-order valence-electron chi connectivity index (χ4n) is 3.42. The summed E-state index contributed by atoms with van der Waals surface area (Å²) in [6.45, 7) is 0. The fraction of sp³-hybridized carbons (Fsp3) is 0.625. The average molecular weight is 262 g/mol. The molecular weight excluding hydrogens is 240 g/mol. The van der Waals surface area contributed by atoms with E-state index in [4.69, 9.17) is 0 Å². The number of fused-ring (bicyclic) bond motifs is 1. The maximum absolute atomic E-state index is 10.7. The highest BCUT2D eigenvalue weighted by atomic mass is 32.1. The van der Waals surface area contributed by atoms with Crippen LogP contribution in [0.3, 0.4) is 0 Å². The molecule has 1 aromatic rings. The van der Waals surface area contributed by atoms with Gasteiger partial charge < -0.3 is 5.11 Å². The Morgan fingerprint density at radius 1 is 1.17 bits per heavy atom. The predicted molar refractivity (Wildman–Crippen MR) is 77.2 cm³/mol. The maximum Gasteiger partial charge on any atom is 0.0818 e. The van der Waals surface area contributed by atoms with Crippen LogP contribution in [-0.4, -0.2) is 11.2 Å². The Balaban J connectivity index is 1.81. The SMILES string of the molecule is OC(C1=CCCCCC1)C1CCCc2sccc21. The molecule has 2 aliphatic rings. The van der Waals surface area contributed by atoms with E-state index in [0.29, 0.717) is 5.92 Å². The summed E-state index contributed by atoms with van der Waals surface area (Å²) in [5.74, 6) is 0.365. The second-order valence-electron chi connectivity index (χ2n) is 5.62. The number of aliphatic hydroxyl groups is 1. The Bertz CT molecular complexity index is 432. The second-order valence-corrected chi connectivity index (χ2v) is 6.62. The van der Waals surface area contributed by atoms with Crippen LogP contribution >= 0.6 is 11.3 Å². The lowest BCUT2D eigenvalue weighted by Crippen LogP contribution is -2.24. The number of hydrogen-bond donors (Lipinski definition) is 1. The molecule has 1 aromatic heterocycles. The zero-order valence-corrected chi connectivity index (χ0v) is 11.7. The minimum Gasteiger partial charge on any atom is -0.388 e. The first-order valence-electron chi connectivity index (χ1n) is 7.29. The summed E-state index contributed by atoms with van der Waals surface area (Å²) >= 11 is 1.87. The van der Waals surface area contributed by atoms with Gasteiger partial charge in [-0.2, -0.15) is 0 Å². The minimum absolute atomic E-state index is 0.225. The first-order chi connectivity index (χ1) is 8.86. The zero-order chi connectivity index (χ0) is 12.4. The van der Waals surface area contributed by atoms with Gasteiger partial charge in [-0.3, -0.25) is 0 Å². The molecule has 0 aromatic carbocycles. The summed E-state index contributed by atoms with van der Waals surface area (Å²) in [7, 11) is 0. The molecule has 0 spiro atoms. The summed E-state index contributed by atoms with van der Waals surface area (Å²) in [4.78, 5) is 1.51. The summed E-state index contributed by atoms with van der Waals surface area (Å²) in [6.07, 6.45) is 11.8. The van der Waals surface area contributed by atoms with E-state index in [0.717, 1.165) is 19.3 Å². The summed E-state index contributed by atoms with van der Waals surface area (Å²) in [5.41, 5.74) is 2.75. The van der Waals surface area contributed by atoms with Crippen molar-refractivity contribution < 1.29 is 5.11 Å². The third-order valence-electron chi connectivity index (χ3n) is 4.44. The van der Waals surface area contributed by atoms with E-state index in [9.17, 15) is 5.11 Å². The lowest BCUT2D eigenvalue weighted by Gasteiger charge is -2.29. The zero-order valence-electron chi connectivity index (χ0n) is 10.9. The van der Waals surface area contributed by atoms with Crippen LogP contribution in [-0.2, 0) is 6.42 Å². The Morgan fingerprint density at radius 2 is 2.11 bits per heavy atom. The van der Waals surface area contributed by atoms with Crippen molar-refractivity contribution in [3.63, 3.8) is 0 Å². The van der Waals surface area contributed by atoms with Gasteiger partial charge in [0.25, 0.3) is 0 Å². The molecule has 0 amide bonds. The van der Waals surface area contributed by atoms with Crippen LogP contribution in [0.4, 0.5) is 0 Å². The van der Waals surface area contributed by atoms with Crippen molar-refractivity contribution in [3.8, 4) is 0 Å². The van der Waals surface area contributed by atoms with Gasteiger partial charge in [0.15, 0.2) is 0 Å². The topological polar surface area (TPSA) is 20.2 Å². The third kappa shape index (κ3) is 2.41. The molecule has 0 fully saturated rings. The van der Waals surface area contributed by atoms with Crippen molar-refractivity contribution in [1.29, 1.82) is 0 Å². The van der Waals surface area contributed by atoms with Crippen molar-refractivity contribution in [3.05, 3.63) is 33.5 Å². The number of rotatable bonds is 2. The number of thiophene rings is 1. The van der Waals surface area contributed by atoms with Crippen molar-refractivity contribution in [2.75, 3.05) is 0 Å². The Hall–Kier alpha value is -0.600. The predicted octanol–water partition coefficient (Wildman–Crippen LogP) is 4.42. The summed E-state index contributed by atoms with van der Waals surface area (Å²) in [6, 6.07) is 2.24. The molecule has 0 saturated heterocycles. The standard InChI is InChI=1S/C16H22OS/c17-16(12-6-3-1-2-4-7-12)14-8-5-9-15-13(14)10-11-18-15/h6,10-11,14,16-17H,1-5,7-9H2. The molecule has 3 rings (SSSR count). The molecule has 98 valence electrons. The molecule has 18 heavy (non-hydrogen) atoms. The van der Waals surface area contributed by atoms with E-state index in [-0.39, 0.29) is 6.10 Å². The molecule has 2 unspecified atom stereocenters. The lowest BCUT2D eigenvalue weighted by atomic mass is 9.80. The van der Waals surface area contributed by atoms with Crippen LogP contribution in [0.15, 0.2) is 23.1 Å². The van der Waals surface area contributed by atoms with E-state index >= 15 is 0 Å². The van der Waals surface area contributed by atoms with Gasteiger partial charge in [0.05, 0.1) is 6.10 Å². The molecule has 2 heteroatoms. The number of aliphatic hydroxyl groups excluding tert-OH is 1. The van der Waals surface area contributed by atoms with Crippen molar-refractivity contribution in [2.45, 2.75) is 63.4 Å². The molecule has 2 atom stereocenters. The first-order valence-corrected chi connectivity index (χ1v) is 8.17. The van der Waals surface area contributed by atoms with Crippen molar-refractivity contribution in [2.24, 2.45) is 0 Å². The van der Waals surface area contributed by atoms with Gasteiger partial charge >= 0.3 is 0 Å². The van der Waals surface area contributed by atoms with Crippen LogP contribution in [0.25, 0.3) is 0 Å². The normalized spacial score (nSPS) is 26.1. The molecule has 0 saturated carbocycles. The number of hydrogen-bond acceptors (Lipinski definition) is 2. The quantitative estimate of drug-likeness (QED) is 0.782. The average Bonchev–Trinajstić information content (AvgIpc) is 2.71. The van der Waals surface area contributed by atoms with Gasteiger partial charge in [0.2, 0.25) is 0 Å². The van der Waals surface area contributed by atoms with Gasteiger partial charge in [-0.05, 0) is 67.5 Å². The van der Waals surface area contributed by atoms with E-state index in [1.165, 1.54) is 48.1 Å². The molecule has 1 N–H and O–H groups in total.